The molecule has 0 aliphatic carbocycles. The van der Waals surface area contributed by atoms with E-state index in [2.05, 4.69) is 5.32 Å². The van der Waals surface area contributed by atoms with Gasteiger partial charge in [-0.15, -0.1) is 0 Å². The summed E-state index contributed by atoms with van der Waals surface area (Å²) in [4.78, 5) is 23.2. The van der Waals surface area contributed by atoms with Crippen molar-refractivity contribution in [2.75, 3.05) is 6.54 Å². The smallest absolute Gasteiger partial charge is 0.320 e. The highest BCUT2D eigenvalue weighted by Crippen LogP contribution is 2.23. The summed E-state index contributed by atoms with van der Waals surface area (Å²) >= 11 is 5.97. The largest absolute Gasteiger partial charge is 0.489 e. The van der Waals surface area contributed by atoms with Crippen molar-refractivity contribution in [1.82, 2.24) is 5.32 Å². The van der Waals surface area contributed by atoms with E-state index in [0.717, 1.165) is 5.56 Å². The predicted octanol–water partition coefficient (Wildman–Crippen LogP) is 4.18. The molecule has 2 rings (SSSR count). The lowest BCUT2D eigenvalue weighted by atomic mass is 9.97. The Bertz CT molecular complexity index is 839. The van der Waals surface area contributed by atoms with Crippen LogP contribution in [0.15, 0.2) is 48.5 Å². The molecule has 0 aromatic heterocycles. The lowest BCUT2D eigenvalue weighted by Gasteiger charge is -2.20. The summed E-state index contributed by atoms with van der Waals surface area (Å²) in [5.74, 6) is -2.20. The summed E-state index contributed by atoms with van der Waals surface area (Å²) in [6.45, 7) is 4.16. The van der Waals surface area contributed by atoms with Crippen molar-refractivity contribution in [3.63, 3.8) is 0 Å². The maximum absolute atomic E-state index is 11.8. The first-order valence-corrected chi connectivity index (χ1v) is 9.80. The Hall–Kier alpha value is -2.57. The van der Waals surface area contributed by atoms with Crippen LogP contribution in [0, 0.1) is 5.92 Å². The molecule has 6 nitrogen and oxygen atoms in total. The van der Waals surface area contributed by atoms with Gasteiger partial charge >= 0.3 is 11.9 Å². The van der Waals surface area contributed by atoms with Crippen molar-refractivity contribution >= 4 is 23.5 Å². The molecule has 2 atom stereocenters. The monoisotopic (exact) mass is 419 g/mol. The zero-order valence-electron chi connectivity index (χ0n) is 16.5. The molecule has 0 amide bonds. The third-order valence-corrected chi connectivity index (χ3v) is 4.66. The van der Waals surface area contributed by atoms with Gasteiger partial charge in [-0.2, -0.15) is 0 Å². The summed E-state index contributed by atoms with van der Waals surface area (Å²) in [7, 11) is 0. The first kappa shape index (κ1) is 22.7. The van der Waals surface area contributed by atoms with E-state index >= 15 is 0 Å². The van der Waals surface area contributed by atoms with Crippen LogP contribution in [-0.4, -0.2) is 34.7 Å². The summed E-state index contributed by atoms with van der Waals surface area (Å²) in [6.07, 6.45) is 0.421. The average Bonchev–Trinajstić information content (AvgIpc) is 2.65. The highest BCUT2D eigenvalue weighted by molar-refractivity contribution is 6.30. The Morgan fingerprint density at radius 2 is 1.79 bits per heavy atom. The predicted molar refractivity (Wildman–Crippen MR) is 111 cm³/mol. The molecule has 2 aromatic carbocycles. The molecule has 0 saturated heterocycles. The van der Waals surface area contributed by atoms with Gasteiger partial charge in [0.1, 0.15) is 18.4 Å². The van der Waals surface area contributed by atoms with Crippen LogP contribution in [0.1, 0.15) is 37.3 Å². The molecule has 3 N–H and O–H groups in total. The molecule has 0 aliphatic rings. The van der Waals surface area contributed by atoms with Crippen LogP contribution < -0.4 is 10.1 Å². The lowest BCUT2D eigenvalue weighted by Crippen LogP contribution is -2.41. The molecular formula is C22H26ClNO5. The zero-order chi connectivity index (χ0) is 21.4. The van der Waals surface area contributed by atoms with E-state index in [1.165, 1.54) is 0 Å². The number of carboxylic acid groups (broad SMARTS) is 2. The Labute approximate surface area is 175 Å². The van der Waals surface area contributed by atoms with Crippen LogP contribution >= 0.6 is 11.6 Å². The molecule has 2 aromatic rings. The van der Waals surface area contributed by atoms with Gasteiger partial charge < -0.3 is 20.3 Å². The number of carbonyl (C=O) groups is 2. The SMILES string of the molecule is CC(C)CC(NCC(C(=O)O)c1cccc(OCc2cccc(Cl)c2)c1)C(=O)O. The Morgan fingerprint density at radius 3 is 2.41 bits per heavy atom. The molecular weight excluding hydrogens is 394 g/mol. The number of nitrogens with one attached hydrogen (secondary N) is 1. The molecule has 29 heavy (non-hydrogen) atoms. The first-order valence-electron chi connectivity index (χ1n) is 9.42. The maximum Gasteiger partial charge on any atom is 0.320 e. The van der Waals surface area contributed by atoms with E-state index < -0.39 is 23.9 Å². The Balaban J connectivity index is 2.07. The summed E-state index contributed by atoms with van der Waals surface area (Å²) < 4.78 is 5.77. The number of benzene rings is 2. The molecule has 0 aliphatic heterocycles. The van der Waals surface area contributed by atoms with Crippen molar-refractivity contribution < 1.29 is 24.5 Å². The van der Waals surface area contributed by atoms with Crippen molar-refractivity contribution in [1.29, 1.82) is 0 Å². The van der Waals surface area contributed by atoms with Crippen molar-refractivity contribution in [2.45, 2.75) is 38.8 Å². The number of hydrogen-bond donors (Lipinski definition) is 3. The van der Waals surface area contributed by atoms with Crippen molar-refractivity contribution in [3.8, 4) is 5.75 Å². The molecule has 0 saturated carbocycles. The van der Waals surface area contributed by atoms with Crippen molar-refractivity contribution in [2.24, 2.45) is 5.92 Å². The summed E-state index contributed by atoms with van der Waals surface area (Å²) in [5.41, 5.74) is 1.44. The number of aliphatic carboxylic acids is 2. The molecule has 0 spiro atoms. The second-order valence-electron chi connectivity index (χ2n) is 7.31. The lowest BCUT2D eigenvalue weighted by molar-refractivity contribution is -0.142. The minimum atomic E-state index is -1.03. The maximum atomic E-state index is 11.8. The molecule has 0 heterocycles. The first-order chi connectivity index (χ1) is 13.8. The van der Waals surface area contributed by atoms with E-state index in [1.54, 1.807) is 36.4 Å². The van der Waals surface area contributed by atoms with Crippen LogP contribution in [0.4, 0.5) is 0 Å². The van der Waals surface area contributed by atoms with Crippen LogP contribution in [0.5, 0.6) is 5.75 Å². The number of hydrogen-bond acceptors (Lipinski definition) is 4. The fourth-order valence-corrected chi connectivity index (χ4v) is 3.18. The highest BCUT2D eigenvalue weighted by Gasteiger charge is 2.25. The van der Waals surface area contributed by atoms with Crippen LogP contribution in [0.3, 0.4) is 0 Å². The van der Waals surface area contributed by atoms with Crippen LogP contribution in [0.2, 0.25) is 5.02 Å². The third kappa shape index (κ3) is 7.40. The number of halogens is 1. The molecule has 2 unspecified atom stereocenters. The van der Waals surface area contributed by atoms with Gasteiger partial charge in [0.15, 0.2) is 0 Å². The van der Waals surface area contributed by atoms with Gasteiger partial charge in [-0.3, -0.25) is 9.59 Å². The minimum Gasteiger partial charge on any atom is -0.489 e. The molecule has 0 radical (unpaired) electrons. The summed E-state index contributed by atoms with van der Waals surface area (Å²) in [5, 5.41) is 22.5. The van der Waals surface area contributed by atoms with E-state index in [0.29, 0.717) is 29.4 Å². The van der Waals surface area contributed by atoms with Gasteiger partial charge in [0, 0.05) is 11.6 Å². The fourth-order valence-electron chi connectivity index (χ4n) is 2.97. The van der Waals surface area contributed by atoms with E-state index in [-0.39, 0.29) is 12.5 Å². The van der Waals surface area contributed by atoms with Gasteiger partial charge in [-0.05, 0) is 47.7 Å². The molecule has 0 fully saturated rings. The highest BCUT2D eigenvalue weighted by atomic mass is 35.5. The minimum absolute atomic E-state index is 0.0107. The number of ether oxygens (including phenoxy) is 1. The summed E-state index contributed by atoms with van der Waals surface area (Å²) in [6, 6.07) is 13.4. The topological polar surface area (TPSA) is 95.9 Å². The van der Waals surface area contributed by atoms with Crippen molar-refractivity contribution in [3.05, 3.63) is 64.7 Å². The van der Waals surface area contributed by atoms with E-state index in [4.69, 9.17) is 16.3 Å². The molecule has 156 valence electrons. The molecule has 0 bridgehead atoms. The van der Waals surface area contributed by atoms with Gasteiger partial charge in [0.05, 0.1) is 5.92 Å². The van der Waals surface area contributed by atoms with Gasteiger partial charge in [0.2, 0.25) is 0 Å². The van der Waals surface area contributed by atoms with Gasteiger partial charge in [0.25, 0.3) is 0 Å². The fraction of sp³-hybridized carbons (Fsp3) is 0.364. The third-order valence-electron chi connectivity index (χ3n) is 4.43. The Kier molecular flexibility index (Phi) is 8.49. The van der Waals surface area contributed by atoms with Crippen LogP contribution in [0.25, 0.3) is 0 Å². The molecule has 7 heteroatoms. The van der Waals surface area contributed by atoms with Crippen LogP contribution in [-0.2, 0) is 16.2 Å². The van der Waals surface area contributed by atoms with E-state index in [1.807, 2.05) is 26.0 Å². The Morgan fingerprint density at radius 1 is 1.07 bits per heavy atom. The second-order valence-corrected chi connectivity index (χ2v) is 7.75. The standard InChI is InChI=1S/C22H26ClNO5/c1-14(2)9-20(22(27)28)24-12-19(21(25)26)16-6-4-8-18(11-16)29-13-15-5-3-7-17(23)10-15/h3-8,10-11,14,19-20,24H,9,12-13H2,1-2H3,(H,25,26)(H,27,28). The number of carboxylic acids is 2. The quantitative estimate of drug-likeness (QED) is 0.505. The average molecular weight is 420 g/mol. The van der Waals surface area contributed by atoms with Gasteiger partial charge in [-0.1, -0.05) is 49.7 Å². The second kappa shape index (κ2) is 10.8. The normalized spacial score (nSPS) is 13.1. The van der Waals surface area contributed by atoms with Gasteiger partial charge in [-0.25, -0.2) is 0 Å². The van der Waals surface area contributed by atoms with E-state index in [9.17, 15) is 19.8 Å². The zero-order valence-corrected chi connectivity index (χ0v) is 17.2. The number of rotatable bonds is 11.